The lowest BCUT2D eigenvalue weighted by atomic mass is 9.36. The highest BCUT2D eigenvalue weighted by molar-refractivity contribution is 6.99. The first-order valence-electron chi connectivity index (χ1n) is 17.3. The molecule has 51 heavy (non-hydrogen) atoms. The van der Waals surface area contributed by atoms with Gasteiger partial charge in [0.15, 0.2) is 0 Å². The van der Waals surface area contributed by atoms with Gasteiger partial charge < -0.3 is 8.98 Å². The van der Waals surface area contributed by atoms with Crippen LogP contribution in [0.3, 0.4) is 0 Å². The third-order valence-corrected chi connectivity index (χ3v) is 10.4. The number of anilines is 3. The Morgan fingerprint density at radius 3 is 1.84 bits per heavy atom. The van der Waals surface area contributed by atoms with Gasteiger partial charge in [0.2, 0.25) is 0 Å². The molecule has 0 bridgehead atoms. The summed E-state index contributed by atoms with van der Waals surface area (Å²) in [5.74, 6) is 1.13. The van der Waals surface area contributed by atoms with Gasteiger partial charge in [-0.15, -0.1) is 0 Å². The molecule has 5 nitrogen and oxygen atoms in total. The molecular formula is C45H29BN4O. The van der Waals surface area contributed by atoms with E-state index in [1.54, 1.807) is 6.20 Å². The zero-order valence-corrected chi connectivity index (χ0v) is 27.5. The Morgan fingerprint density at radius 1 is 0.490 bits per heavy atom. The first-order valence-corrected chi connectivity index (χ1v) is 17.3. The fourth-order valence-electron chi connectivity index (χ4n) is 8.41. The largest absolute Gasteiger partial charge is 0.456 e. The Hall–Kier alpha value is -6.79. The van der Waals surface area contributed by atoms with Gasteiger partial charge in [0.25, 0.3) is 6.71 Å². The normalized spacial score (nSPS) is 12.6. The summed E-state index contributed by atoms with van der Waals surface area (Å²) >= 11 is 0. The Labute approximate surface area is 294 Å². The van der Waals surface area contributed by atoms with Crippen molar-refractivity contribution in [1.82, 2.24) is 14.1 Å². The van der Waals surface area contributed by atoms with Crippen LogP contribution in [0.4, 0.5) is 17.2 Å². The van der Waals surface area contributed by atoms with Gasteiger partial charge >= 0.3 is 0 Å². The molecule has 10 aromatic rings. The van der Waals surface area contributed by atoms with Gasteiger partial charge in [0.1, 0.15) is 17.0 Å². The van der Waals surface area contributed by atoms with Crippen LogP contribution in [0.1, 0.15) is 0 Å². The fraction of sp³-hybridized carbons (Fsp3) is 0. The van der Waals surface area contributed by atoms with Crippen LogP contribution < -0.4 is 21.4 Å². The van der Waals surface area contributed by atoms with E-state index in [9.17, 15) is 0 Å². The molecule has 1 aliphatic heterocycles. The second kappa shape index (κ2) is 10.9. The van der Waals surface area contributed by atoms with E-state index in [4.69, 9.17) is 4.42 Å². The van der Waals surface area contributed by atoms with Crippen molar-refractivity contribution in [3.8, 4) is 11.4 Å². The average molecular weight is 653 g/mol. The first kappa shape index (κ1) is 28.1. The summed E-state index contributed by atoms with van der Waals surface area (Å²) in [6, 6.07) is 58.8. The second-order valence-electron chi connectivity index (χ2n) is 13.2. The molecule has 1 aliphatic rings. The maximum Gasteiger partial charge on any atom is 0.271 e. The van der Waals surface area contributed by atoms with Crippen molar-refractivity contribution in [2.75, 3.05) is 4.90 Å². The summed E-state index contributed by atoms with van der Waals surface area (Å²) in [5.41, 5.74) is 12.2. The number of furan rings is 1. The summed E-state index contributed by atoms with van der Waals surface area (Å²) in [6.45, 7) is -0.0717. The van der Waals surface area contributed by atoms with E-state index in [-0.39, 0.29) is 6.71 Å². The summed E-state index contributed by atoms with van der Waals surface area (Å²) < 4.78 is 11.3. The molecule has 0 saturated heterocycles. The van der Waals surface area contributed by atoms with Crippen molar-refractivity contribution in [2.45, 2.75) is 0 Å². The van der Waals surface area contributed by atoms with Crippen LogP contribution in [0.25, 0.3) is 55.1 Å². The topological polar surface area (TPSA) is 39.1 Å². The predicted octanol–water partition coefficient (Wildman–Crippen LogP) is 9.17. The molecule has 0 amide bonds. The number of rotatable bonds is 4. The molecule has 238 valence electrons. The van der Waals surface area contributed by atoms with E-state index in [0.29, 0.717) is 0 Å². The van der Waals surface area contributed by atoms with Crippen molar-refractivity contribution in [3.63, 3.8) is 0 Å². The molecule has 0 atom stereocenters. The first-order chi connectivity index (χ1) is 25.3. The number of fused-ring (bicyclic) bond motifs is 9. The monoisotopic (exact) mass is 652 g/mol. The van der Waals surface area contributed by atoms with Gasteiger partial charge in [-0.2, -0.15) is 0 Å². The van der Waals surface area contributed by atoms with Crippen LogP contribution in [0.15, 0.2) is 181 Å². The molecule has 4 aromatic heterocycles. The van der Waals surface area contributed by atoms with Crippen molar-refractivity contribution < 1.29 is 4.42 Å². The number of hydrogen-bond acceptors (Lipinski definition) is 3. The van der Waals surface area contributed by atoms with Crippen LogP contribution in [0.2, 0.25) is 0 Å². The number of benzene rings is 6. The third-order valence-electron chi connectivity index (χ3n) is 10.4. The molecular weight excluding hydrogens is 623 g/mol. The molecule has 0 unspecified atom stereocenters. The van der Waals surface area contributed by atoms with E-state index >= 15 is 0 Å². The van der Waals surface area contributed by atoms with Crippen LogP contribution in [-0.2, 0) is 0 Å². The molecule has 0 saturated carbocycles. The smallest absolute Gasteiger partial charge is 0.271 e. The van der Waals surface area contributed by atoms with Gasteiger partial charge in [0, 0.05) is 51.2 Å². The van der Waals surface area contributed by atoms with Crippen molar-refractivity contribution in [1.29, 1.82) is 0 Å². The standard InChI is InChI=1S/C45H29BN4O/c1-4-14-30(15-5-1)46-42-34-20-10-12-22-38(34)49(32-18-8-3-9-19-32)45(42)50(33-24-25-40-36(28-33)37-29-47-27-26-41(37)51-40)43-35-21-11-13-23-39(35)48(44(43)46)31-16-6-2-7-17-31/h1-29H. The van der Waals surface area contributed by atoms with Gasteiger partial charge in [-0.05, 0) is 71.5 Å². The predicted molar refractivity (Wildman–Crippen MR) is 211 cm³/mol. The maximum absolute atomic E-state index is 6.31. The molecule has 0 aliphatic carbocycles. The minimum Gasteiger partial charge on any atom is -0.456 e. The minimum atomic E-state index is -0.0717. The van der Waals surface area contributed by atoms with Crippen LogP contribution in [0.5, 0.6) is 0 Å². The second-order valence-corrected chi connectivity index (χ2v) is 13.2. The summed E-state index contributed by atoms with van der Waals surface area (Å²) in [4.78, 5) is 6.98. The lowest BCUT2D eigenvalue weighted by Gasteiger charge is -2.36. The highest BCUT2D eigenvalue weighted by Crippen LogP contribution is 2.46. The Balaban J connectivity index is 1.36. The molecule has 0 N–H and O–H groups in total. The van der Waals surface area contributed by atoms with Crippen molar-refractivity contribution in [2.24, 2.45) is 0 Å². The summed E-state index contributed by atoms with van der Waals surface area (Å²) in [5, 5.41) is 4.46. The van der Waals surface area contributed by atoms with Crippen LogP contribution in [0, 0.1) is 0 Å². The minimum absolute atomic E-state index is 0.0717. The van der Waals surface area contributed by atoms with E-state index in [1.807, 2.05) is 12.3 Å². The molecule has 6 aromatic carbocycles. The Kier molecular flexibility index (Phi) is 5.98. The van der Waals surface area contributed by atoms with E-state index in [2.05, 4.69) is 177 Å². The average Bonchev–Trinajstić information content (AvgIpc) is 3.86. The molecule has 0 fully saturated rings. The molecule has 6 heteroatoms. The lowest BCUT2D eigenvalue weighted by Crippen LogP contribution is -2.59. The number of para-hydroxylation sites is 4. The molecule has 5 heterocycles. The van der Waals surface area contributed by atoms with Gasteiger partial charge in [-0.1, -0.05) is 109 Å². The van der Waals surface area contributed by atoms with E-state index in [0.717, 1.165) is 44.8 Å². The van der Waals surface area contributed by atoms with Crippen LogP contribution >= 0.6 is 0 Å². The quantitative estimate of drug-likeness (QED) is 0.178. The Morgan fingerprint density at radius 2 is 1.10 bits per heavy atom. The summed E-state index contributed by atoms with van der Waals surface area (Å²) in [6.07, 6.45) is 3.70. The molecule has 0 radical (unpaired) electrons. The maximum atomic E-state index is 6.31. The zero-order chi connectivity index (χ0) is 33.5. The van der Waals surface area contributed by atoms with E-state index in [1.165, 1.54) is 44.0 Å². The molecule has 11 rings (SSSR count). The summed E-state index contributed by atoms with van der Waals surface area (Å²) in [7, 11) is 0. The van der Waals surface area contributed by atoms with Gasteiger partial charge in [-0.25, -0.2) is 0 Å². The van der Waals surface area contributed by atoms with Gasteiger partial charge in [-0.3, -0.25) is 14.5 Å². The number of hydrogen-bond donors (Lipinski definition) is 0. The number of pyridine rings is 1. The molecule has 0 spiro atoms. The van der Waals surface area contributed by atoms with Crippen molar-refractivity contribution in [3.05, 3.63) is 176 Å². The highest BCUT2D eigenvalue weighted by Gasteiger charge is 2.44. The van der Waals surface area contributed by atoms with Gasteiger partial charge in [0.05, 0.1) is 16.7 Å². The number of aromatic nitrogens is 3. The van der Waals surface area contributed by atoms with E-state index < -0.39 is 0 Å². The fourth-order valence-corrected chi connectivity index (χ4v) is 8.41. The SMILES string of the molecule is c1ccc(B2c3c(n(-c4ccccc4)c4ccccc34)N(c3ccc4oc5ccncc5c4c3)c3c2n(-c2ccccc2)c2ccccc32)cc1. The highest BCUT2D eigenvalue weighted by atomic mass is 16.3. The third kappa shape index (κ3) is 4.02. The number of nitrogens with zero attached hydrogens (tertiary/aromatic N) is 4. The zero-order valence-electron chi connectivity index (χ0n) is 27.5. The van der Waals surface area contributed by atoms with Crippen LogP contribution in [-0.4, -0.2) is 20.8 Å². The Bertz CT molecular complexity index is 2920. The van der Waals surface area contributed by atoms with Crippen molar-refractivity contribution >= 4 is 84.2 Å². The lowest BCUT2D eigenvalue weighted by molar-refractivity contribution is 0.668.